The van der Waals surface area contributed by atoms with Crippen molar-refractivity contribution >= 4 is 40.4 Å². The number of nitrogens with zero attached hydrogens (tertiary/aromatic N) is 1. The van der Waals surface area contributed by atoms with Crippen LogP contribution in [0, 0.1) is 6.92 Å². The third-order valence-corrected chi connectivity index (χ3v) is 5.20. The van der Waals surface area contributed by atoms with E-state index < -0.39 is 0 Å². The highest BCUT2D eigenvalue weighted by molar-refractivity contribution is 7.99. The molecule has 0 atom stereocenters. The molecule has 0 aromatic heterocycles. The molecular weight excluding hydrogens is 310 g/mol. The fourth-order valence-electron chi connectivity index (χ4n) is 2.83. The Labute approximate surface area is 139 Å². The summed E-state index contributed by atoms with van der Waals surface area (Å²) >= 11 is 7.89. The molecule has 1 nitrogen and oxygen atoms in total. The van der Waals surface area contributed by atoms with Crippen LogP contribution in [0.15, 0.2) is 76.5 Å². The van der Waals surface area contributed by atoms with Gasteiger partial charge in [0, 0.05) is 20.5 Å². The lowest BCUT2D eigenvalue weighted by atomic mass is 10.1. The Hall–Kier alpha value is -1.90. The number of fused-ring (bicyclic) bond motifs is 2. The second-order valence-electron chi connectivity index (χ2n) is 5.30. The van der Waals surface area contributed by atoms with E-state index >= 15 is 0 Å². The fourth-order valence-corrected chi connectivity index (χ4v) is 4.10. The van der Waals surface area contributed by atoms with Crippen LogP contribution in [0.4, 0.5) is 17.1 Å². The second-order valence-corrected chi connectivity index (χ2v) is 6.82. The van der Waals surface area contributed by atoms with Gasteiger partial charge in [0.1, 0.15) is 0 Å². The van der Waals surface area contributed by atoms with Crippen LogP contribution in [0.5, 0.6) is 0 Å². The maximum Gasteiger partial charge on any atom is 0.0630 e. The number of halogens is 1. The lowest BCUT2D eigenvalue weighted by Crippen LogP contribution is -2.15. The van der Waals surface area contributed by atoms with Gasteiger partial charge in [-0.05, 0) is 55.0 Å². The van der Waals surface area contributed by atoms with Crippen LogP contribution in [0.1, 0.15) is 5.56 Å². The van der Waals surface area contributed by atoms with Gasteiger partial charge >= 0.3 is 0 Å². The van der Waals surface area contributed by atoms with Crippen LogP contribution in [0.2, 0.25) is 5.02 Å². The van der Waals surface area contributed by atoms with E-state index in [2.05, 4.69) is 66.4 Å². The van der Waals surface area contributed by atoms with Crippen molar-refractivity contribution in [1.29, 1.82) is 0 Å². The molecule has 0 amide bonds. The van der Waals surface area contributed by atoms with Crippen molar-refractivity contribution in [3.05, 3.63) is 77.3 Å². The SMILES string of the molecule is Cc1cccc2c1N(c1ccc(Cl)cc1)c1ccccc1S2. The average molecular weight is 324 g/mol. The van der Waals surface area contributed by atoms with Gasteiger partial charge in [0.15, 0.2) is 0 Å². The summed E-state index contributed by atoms with van der Waals surface area (Å²) in [6, 6.07) is 23.0. The Kier molecular flexibility index (Phi) is 3.36. The van der Waals surface area contributed by atoms with E-state index in [1.165, 1.54) is 26.7 Å². The molecule has 0 saturated heterocycles. The monoisotopic (exact) mass is 323 g/mol. The number of para-hydroxylation sites is 2. The molecule has 0 radical (unpaired) electrons. The van der Waals surface area contributed by atoms with Crippen LogP contribution >= 0.6 is 23.4 Å². The Morgan fingerprint density at radius 2 is 1.55 bits per heavy atom. The van der Waals surface area contributed by atoms with Crippen molar-refractivity contribution in [2.45, 2.75) is 16.7 Å². The normalized spacial score (nSPS) is 12.7. The van der Waals surface area contributed by atoms with Crippen LogP contribution < -0.4 is 4.90 Å². The van der Waals surface area contributed by atoms with Crippen LogP contribution in [-0.2, 0) is 0 Å². The fraction of sp³-hybridized carbons (Fsp3) is 0.0526. The number of aryl methyl sites for hydroxylation is 1. The maximum atomic E-state index is 6.06. The number of hydrogen-bond acceptors (Lipinski definition) is 2. The summed E-state index contributed by atoms with van der Waals surface area (Å²) in [5, 5.41) is 0.758. The van der Waals surface area contributed by atoms with Crippen molar-refractivity contribution in [2.75, 3.05) is 4.90 Å². The largest absolute Gasteiger partial charge is 0.308 e. The average Bonchev–Trinajstić information content (AvgIpc) is 2.54. The zero-order chi connectivity index (χ0) is 15.1. The second kappa shape index (κ2) is 5.38. The lowest BCUT2D eigenvalue weighted by molar-refractivity contribution is 1.14. The van der Waals surface area contributed by atoms with Gasteiger partial charge in [-0.2, -0.15) is 0 Å². The van der Waals surface area contributed by atoms with Gasteiger partial charge in [0.2, 0.25) is 0 Å². The van der Waals surface area contributed by atoms with E-state index in [9.17, 15) is 0 Å². The lowest BCUT2D eigenvalue weighted by Gasteiger charge is -2.34. The van der Waals surface area contributed by atoms with Gasteiger partial charge in [-0.25, -0.2) is 0 Å². The number of anilines is 3. The molecule has 22 heavy (non-hydrogen) atoms. The molecule has 1 heterocycles. The number of hydrogen-bond donors (Lipinski definition) is 0. The van der Waals surface area contributed by atoms with E-state index in [0.29, 0.717) is 0 Å². The molecule has 0 unspecified atom stereocenters. The molecule has 3 heteroatoms. The highest BCUT2D eigenvalue weighted by atomic mass is 35.5. The van der Waals surface area contributed by atoms with E-state index in [1.807, 2.05) is 23.9 Å². The Balaban J connectivity index is 1.98. The Bertz CT molecular complexity index is 842. The molecule has 108 valence electrons. The first-order valence-corrected chi connectivity index (χ1v) is 8.36. The molecule has 0 fully saturated rings. The van der Waals surface area contributed by atoms with Crippen molar-refractivity contribution in [3.8, 4) is 0 Å². The van der Waals surface area contributed by atoms with Crippen molar-refractivity contribution in [1.82, 2.24) is 0 Å². The van der Waals surface area contributed by atoms with Crippen LogP contribution in [-0.4, -0.2) is 0 Å². The highest BCUT2D eigenvalue weighted by Crippen LogP contribution is 2.52. The minimum atomic E-state index is 0.758. The molecule has 1 aliphatic heterocycles. The molecule has 3 aromatic rings. The summed E-state index contributed by atoms with van der Waals surface area (Å²) in [5.74, 6) is 0. The van der Waals surface area contributed by atoms with Gasteiger partial charge in [0.05, 0.1) is 11.4 Å². The molecule has 1 aliphatic rings. The summed E-state index contributed by atoms with van der Waals surface area (Å²) in [4.78, 5) is 4.89. The summed E-state index contributed by atoms with van der Waals surface area (Å²) in [5.41, 5.74) is 4.88. The van der Waals surface area contributed by atoms with Gasteiger partial charge in [-0.15, -0.1) is 0 Å². The molecule has 3 aromatic carbocycles. The van der Waals surface area contributed by atoms with E-state index in [4.69, 9.17) is 11.6 Å². The zero-order valence-corrected chi connectivity index (χ0v) is 13.7. The minimum absolute atomic E-state index is 0.758. The minimum Gasteiger partial charge on any atom is -0.308 e. The molecule has 0 spiro atoms. The smallest absolute Gasteiger partial charge is 0.0630 e. The predicted molar refractivity (Wildman–Crippen MR) is 95.0 cm³/mol. The molecule has 0 aliphatic carbocycles. The molecule has 0 saturated carbocycles. The van der Waals surface area contributed by atoms with Gasteiger partial charge in [-0.1, -0.05) is 47.6 Å². The topological polar surface area (TPSA) is 3.24 Å². The zero-order valence-electron chi connectivity index (χ0n) is 12.1. The van der Waals surface area contributed by atoms with Crippen molar-refractivity contribution < 1.29 is 0 Å². The standard InChI is InChI=1S/C19H14ClNS/c1-13-5-4-8-18-19(13)21(15-11-9-14(20)10-12-15)16-6-2-3-7-17(16)22-18/h2-12H,1H3. The molecule has 0 bridgehead atoms. The summed E-state index contributed by atoms with van der Waals surface area (Å²) < 4.78 is 0. The Morgan fingerprint density at radius 1 is 0.818 bits per heavy atom. The van der Waals surface area contributed by atoms with E-state index in [-0.39, 0.29) is 0 Å². The highest BCUT2D eigenvalue weighted by Gasteiger charge is 2.25. The van der Waals surface area contributed by atoms with Crippen molar-refractivity contribution in [3.63, 3.8) is 0 Å². The van der Waals surface area contributed by atoms with E-state index in [1.54, 1.807) is 0 Å². The first-order valence-electron chi connectivity index (χ1n) is 7.16. The third kappa shape index (κ3) is 2.20. The van der Waals surface area contributed by atoms with Gasteiger partial charge in [0.25, 0.3) is 0 Å². The molecular formula is C19H14ClNS. The van der Waals surface area contributed by atoms with Crippen LogP contribution in [0.3, 0.4) is 0 Å². The van der Waals surface area contributed by atoms with E-state index in [0.717, 1.165) is 10.7 Å². The Morgan fingerprint density at radius 3 is 2.36 bits per heavy atom. The van der Waals surface area contributed by atoms with Crippen LogP contribution in [0.25, 0.3) is 0 Å². The summed E-state index contributed by atoms with van der Waals surface area (Å²) in [6.07, 6.45) is 0. The first-order chi connectivity index (χ1) is 10.7. The molecule has 4 rings (SSSR count). The first kappa shape index (κ1) is 13.7. The maximum absolute atomic E-state index is 6.06. The van der Waals surface area contributed by atoms with Gasteiger partial charge in [-0.3, -0.25) is 0 Å². The summed E-state index contributed by atoms with van der Waals surface area (Å²) in [6.45, 7) is 2.16. The molecule has 0 N–H and O–H groups in total. The summed E-state index contributed by atoms with van der Waals surface area (Å²) in [7, 11) is 0. The van der Waals surface area contributed by atoms with Crippen molar-refractivity contribution in [2.24, 2.45) is 0 Å². The predicted octanol–water partition coefficient (Wildman–Crippen LogP) is 6.58. The number of benzene rings is 3. The quantitative estimate of drug-likeness (QED) is 0.389. The number of rotatable bonds is 1. The van der Waals surface area contributed by atoms with Gasteiger partial charge < -0.3 is 4.90 Å². The third-order valence-electron chi connectivity index (χ3n) is 3.84.